The van der Waals surface area contributed by atoms with Gasteiger partial charge < -0.3 is 23.8 Å². The van der Waals surface area contributed by atoms with Gasteiger partial charge in [-0.1, -0.05) is 13.8 Å². The molecule has 0 bridgehead atoms. The van der Waals surface area contributed by atoms with E-state index in [2.05, 4.69) is 4.98 Å². The Hall–Kier alpha value is -3.01. The number of ether oxygens (including phenoxy) is 2. The van der Waals surface area contributed by atoms with E-state index in [1.807, 2.05) is 13.8 Å². The highest BCUT2D eigenvalue weighted by atomic mass is 19.1. The summed E-state index contributed by atoms with van der Waals surface area (Å²) in [6.45, 7) is 12.9. The van der Waals surface area contributed by atoms with E-state index in [9.17, 15) is 18.8 Å². The summed E-state index contributed by atoms with van der Waals surface area (Å²) in [5, 5.41) is 0. The first-order valence-electron chi connectivity index (χ1n) is 13.7. The average molecular weight is 547 g/mol. The van der Waals surface area contributed by atoms with E-state index >= 15 is 0 Å². The Morgan fingerprint density at radius 1 is 1.18 bits per heavy atom. The van der Waals surface area contributed by atoms with Gasteiger partial charge in [0.05, 0.1) is 17.1 Å². The number of halogens is 1. The standard InChI is InChI=1S/C29H43FN4O5/c1-19(2)16-34(23-14-21(20(3)35)17-32(18-23)28(37)39-29(4,5)6)27(36)26-31-24-11-10-22(30)15-25(24)33(26)12-8-9-13-38-7/h10-11,15,19,21,23H,8-9,12-14,16-18H2,1-7H3/t21-,23+/m1/s1. The van der Waals surface area contributed by atoms with Crippen LogP contribution >= 0.6 is 0 Å². The number of ketones is 1. The number of carbonyl (C=O) groups excluding carboxylic acids is 3. The van der Waals surface area contributed by atoms with E-state index < -0.39 is 29.5 Å². The summed E-state index contributed by atoms with van der Waals surface area (Å²) in [5.41, 5.74) is 0.407. The molecule has 1 saturated heterocycles. The molecule has 9 nitrogen and oxygen atoms in total. The molecular weight excluding hydrogens is 503 g/mol. The number of aryl methyl sites for hydroxylation is 1. The molecule has 0 spiro atoms. The van der Waals surface area contributed by atoms with E-state index in [0.717, 1.165) is 12.8 Å². The molecule has 1 aliphatic heterocycles. The van der Waals surface area contributed by atoms with Crippen molar-refractivity contribution in [1.29, 1.82) is 0 Å². The van der Waals surface area contributed by atoms with E-state index in [0.29, 0.717) is 37.2 Å². The third kappa shape index (κ3) is 8.00. The van der Waals surface area contributed by atoms with Crippen molar-refractivity contribution in [3.05, 3.63) is 29.8 Å². The second-order valence-corrected chi connectivity index (χ2v) is 11.9. The fourth-order valence-corrected chi connectivity index (χ4v) is 4.99. The number of unbranched alkanes of at least 4 members (excludes halogenated alkanes) is 1. The summed E-state index contributed by atoms with van der Waals surface area (Å²) in [5.74, 6) is -0.804. The minimum Gasteiger partial charge on any atom is -0.444 e. The molecule has 1 aliphatic rings. The number of imidazole rings is 1. The van der Waals surface area contributed by atoms with E-state index in [1.54, 1.807) is 43.4 Å². The average Bonchev–Trinajstić information content (AvgIpc) is 3.20. The molecule has 2 amide bonds. The lowest BCUT2D eigenvalue weighted by molar-refractivity contribution is -0.123. The Morgan fingerprint density at radius 2 is 1.90 bits per heavy atom. The number of aromatic nitrogens is 2. The second-order valence-electron chi connectivity index (χ2n) is 11.9. The van der Waals surface area contributed by atoms with E-state index in [-0.39, 0.29) is 36.5 Å². The minimum absolute atomic E-state index is 0.0361. The summed E-state index contributed by atoms with van der Waals surface area (Å²) >= 11 is 0. The van der Waals surface area contributed by atoms with E-state index in [4.69, 9.17) is 9.47 Å². The predicted octanol–water partition coefficient (Wildman–Crippen LogP) is 4.91. The van der Waals surface area contributed by atoms with Crippen molar-refractivity contribution in [1.82, 2.24) is 19.4 Å². The van der Waals surface area contributed by atoms with Crippen LogP contribution in [0.3, 0.4) is 0 Å². The van der Waals surface area contributed by atoms with Crippen LogP contribution in [0.2, 0.25) is 0 Å². The lowest BCUT2D eigenvalue weighted by Gasteiger charge is -2.42. The highest BCUT2D eigenvalue weighted by Gasteiger charge is 2.39. The normalized spacial score (nSPS) is 18.0. The zero-order chi connectivity index (χ0) is 28.9. The van der Waals surface area contributed by atoms with Crippen LogP contribution in [0.5, 0.6) is 0 Å². The summed E-state index contributed by atoms with van der Waals surface area (Å²) < 4.78 is 26.8. The molecule has 39 heavy (non-hydrogen) atoms. The maximum absolute atomic E-state index is 14.2. The number of hydrogen-bond acceptors (Lipinski definition) is 6. The molecule has 216 valence electrons. The molecule has 1 fully saturated rings. The monoisotopic (exact) mass is 546 g/mol. The summed E-state index contributed by atoms with van der Waals surface area (Å²) in [6, 6.07) is 3.91. The largest absolute Gasteiger partial charge is 0.444 e. The quantitative estimate of drug-likeness (QED) is 0.393. The number of amides is 2. The van der Waals surface area contributed by atoms with Gasteiger partial charge in [0.1, 0.15) is 17.2 Å². The number of hydrogen-bond donors (Lipinski definition) is 0. The van der Waals surface area contributed by atoms with Gasteiger partial charge in [-0.15, -0.1) is 0 Å². The Kier molecular flexibility index (Phi) is 10.1. The molecule has 0 saturated carbocycles. The minimum atomic E-state index is -0.688. The molecule has 0 unspecified atom stereocenters. The highest BCUT2D eigenvalue weighted by molar-refractivity contribution is 5.95. The molecule has 0 aliphatic carbocycles. The number of Topliss-reactive ketones (excluding diaryl/α,β-unsaturated/α-hetero) is 1. The Balaban J connectivity index is 2.00. The van der Waals surface area contributed by atoms with Crippen molar-refractivity contribution in [2.24, 2.45) is 11.8 Å². The molecule has 3 rings (SSSR count). The van der Waals surface area contributed by atoms with Crippen molar-refractivity contribution < 1.29 is 28.2 Å². The Morgan fingerprint density at radius 3 is 2.51 bits per heavy atom. The van der Waals surface area contributed by atoms with Crippen LogP contribution < -0.4 is 0 Å². The molecule has 2 atom stereocenters. The van der Waals surface area contributed by atoms with Crippen LogP contribution in [-0.2, 0) is 20.8 Å². The number of benzene rings is 1. The van der Waals surface area contributed by atoms with Gasteiger partial charge in [-0.25, -0.2) is 14.2 Å². The Labute approximate surface area is 230 Å². The molecule has 0 radical (unpaired) electrons. The van der Waals surface area contributed by atoms with Crippen LogP contribution in [0.1, 0.15) is 71.4 Å². The molecule has 2 aromatic rings. The number of methoxy groups -OCH3 is 1. The van der Waals surface area contributed by atoms with Crippen molar-refractivity contribution in [3.8, 4) is 0 Å². The highest BCUT2D eigenvalue weighted by Crippen LogP contribution is 2.27. The number of nitrogens with zero attached hydrogens (tertiary/aromatic N) is 4. The van der Waals surface area contributed by atoms with Crippen LogP contribution in [0.25, 0.3) is 11.0 Å². The van der Waals surface area contributed by atoms with Gasteiger partial charge >= 0.3 is 6.09 Å². The lowest BCUT2D eigenvalue weighted by Crippen LogP contribution is -2.56. The zero-order valence-electron chi connectivity index (χ0n) is 24.3. The number of rotatable bonds is 10. The number of carbonyl (C=O) groups is 3. The van der Waals surface area contributed by atoms with Gasteiger partial charge in [0.15, 0.2) is 5.82 Å². The lowest BCUT2D eigenvalue weighted by atomic mass is 9.90. The molecule has 2 heterocycles. The van der Waals surface area contributed by atoms with Crippen molar-refractivity contribution in [2.75, 3.05) is 33.4 Å². The first-order valence-corrected chi connectivity index (χ1v) is 13.7. The summed E-state index contributed by atoms with van der Waals surface area (Å²) in [4.78, 5) is 47.7. The van der Waals surface area contributed by atoms with E-state index in [1.165, 1.54) is 24.0 Å². The topological polar surface area (TPSA) is 94.0 Å². The van der Waals surface area contributed by atoms with Gasteiger partial charge in [0.2, 0.25) is 0 Å². The first-order chi connectivity index (χ1) is 18.3. The molecular formula is C29H43FN4O5. The number of fused-ring (bicyclic) bond motifs is 1. The third-order valence-electron chi connectivity index (χ3n) is 6.80. The fraction of sp³-hybridized carbons (Fsp3) is 0.655. The fourth-order valence-electron chi connectivity index (χ4n) is 4.99. The SMILES string of the molecule is COCCCCn1c(C(=O)N(CC(C)C)[C@H]2C[C@@H](C(C)=O)CN(C(=O)OC(C)(C)C)C2)nc2ccc(F)cc21. The number of likely N-dealkylation sites (tertiary alicyclic amines) is 1. The summed E-state index contributed by atoms with van der Waals surface area (Å²) in [6.07, 6.45) is 1.44. The van der Waals surface area contributed by atoms with Crippen LogP contribution in [0.15, 0.2) is 18.2 Å². The molecule has 0 N–H and O–H groups in total. The third-order valence-corrected chi connectivity index (χ3v) is 6.80. The van der Waals surface area contributed by atoms with Gasteiger partial charge in [-0.3, -0.25) is 9.59 Å². The van der Waals surface area contributed by atoms with Gasteiger partial charge in [0, 0.05) is 45.8 Å². The number of piperidine rings is 1. The second kappa shape index (κ2) is 12.9. The first kappa shape index (κ1) is 30.5. The van der Waals surface area contributed by atoms with Gasteiger partial charge in [0.25, 0.3) is 5.91 Å². The van der Waals surface area contributed by atoms with Gasteiger partial charge in [-0.2, -0.15) is 0 Å². The maximum atomic E-state index is 14.2. The molecule has 1 aromatic heterocycles. The molecule has 1 aromatic carbocycles. The summed E-state index contributed by atoms with van der Waals surface area (Å²) in [7, 11) is 1.64. The van der Waals surface area contributed by atoms with Crippen molar-refractivity contribution >= 4 is 28.8 Å². The van der Waals surface area contributed by atoms with Crippen molar-refractivity contribution in [2.45, 2.75) is 79.0 Å². The van der Waals surface area contributed by atoms with Crippen LogP contribution in [-0.4, -0.2) is 82.1 Å². The zero-order valence-corrected chi connectivity index (χ0v) is 24.3. The van der Waals surface area contributed by atoms with Gasteiger partial charge in [-0.05, 0) is 71.1 Å². The van der Waals surface area contributed by atoms with Crippen LogP contribution in [0.4, 0.5) is 9.18 Å². The molecule has 10 heteroatoms. The Bertz CT molecular complexity index is 1170. The predicted molar refractivity (Wildman–Crippen MR) is 147 cm³/mol. The smallest absolute Gasteiger partial charge is 0.410 e. The van der Waals surface area contributed by atoms with Crippen molar-refractivity contribution in [3.63, 3.8) is 0 Å². The maximum Gasteiger partial charge on any atom is 0.410 e. The van der Waals surface area contributed by atoms with Crippen LogP contribution in [0, 0.1) is 17.7 Å².